The van der Waals surface area contributed by atoms with Gasteiger partial charge in [0, 0.05) is 30.5 Å². The van der Waals surface area contributed by atoms with Crippen LogP contribution in [0.4, 0.5) is 10.5 Å². The van der Waals surface area contributed by atoms with Gasteiger partial charge in [0.05, 0.1) is 16.0 Å². The van der Waals surface area contributed by atoms with Crippen LogP contribution < -0.4 is 5.32 Å². The van der Waals surface area contributed by atoms with E-state index in [0.717, 1.165) is 11.1 Å². The number of nitrogens with zero attached hydrogens (tertiary/aromatic N) is 3. The lowest BCUT2D eigenvalue weighted by atomic mass is 9.81. The number of aromatic nitrogens is 3. The Morgan fingerprint density at radius 3 is 2.66 bits per heavy atom. The molecule has 32 heavy (non-hydrogen) atoms. The molecule has 2 N–H and O–H groups in total. The number of halogens is 1. The van der Waals surface area contributed by atoms with Crippen LogP contribution in [0.15, 0.2) is 30.5 Å². The number of aromatic amines is 1. The molecule has 0 atom stereocenters. The fraction of sp³-hybridized carbons (Fsp3) is 0.391. The summed E-state index contributed by atoms with van der Waals surface area (Å²) in [5.74, 6) is 0.401. The molecule has 1 fully saturated rings. The summed E-state index contributed by atoms with van der Waals surface area (Å²) < 4.78 is 5.37. The van der Waals surface area contributed by atoms with Gasteiger partial charge in [-0.15, -0.1) is 0 Å². The molecular formula is C23H26ClN5O3. The van der Waals surface area contributed by atoms with Gasteiger partial charge in [0.25, 0.3) is 0 Å². The zero-order chi connectivity index (χ0) is 23.3. The summed E-state index contributed by atoms with van der Waals surface area (Å²) in [6, 6.07) is 7.20. The summed E-state index contributed by atoms with van der Waals surface area (Å²) in [5.41, 5.74) is 2.42. The molecular weight excluding hydrogens is 430 g/mol. The summed E-state index contributed by atoms with van der Waals surface area (Å²) >= 11 is 6.41. The first-order chi connectivity index (χ1) is 14.9. The SMILES string of the molecule is Cc1cnc2nc(-c3cc(NC(=O)C4(C)CN(C(=O)OC(C)(C)C)C4)ccc3Cl)[nH]c2c1. The average molecular weight is 456 g/mol. The number of carbonyl (C=O) groups excluding carboxylic acids is 2. The number of benzene rings is 1. The molecule has 4 rings (SSSR count). The molecule has 8 nitrogen and oxygen atoms in total. The highest BCUT2D eigenvalue weighted by Crippen LogP contribution is 2.34. The van der Waals surface area contributed by atoms with Gasteiger partial charge >= 0.3 is 6.09 Å². The van der Waals surface area contributed by atoms with Gasteiger partial charge in [0.2, 0.25) is 5.91 Å². The molecule has 1 aromatic carbocycles. The van der Waals surface area contributed by atoms with Crippen LogP contribution in [0.1, 0.15) is 33.3 Å². The van der Waals surface area contributed by atoms with Crippen molar-refractivity contribution in [2.75, 3.05) is 18.4 Å². The van der Waals surface area contributed by atoms with Crippen molar-refractivity contribution >= 4 is 40.5 Å². The number of fused-ring (bicyclic) bond motifs is 1. The monoisotopic (exact) mass is 455 g/mol. The molecule has 1 aliphatic heterocycles. The van der Waals surface area contributed by atoms with E-state index in [-0.39, 0.29) is 5.91 Å². The van der Waals surface area contributed by atoms with Crippen LogP contribution in [-0.4, -0.2) is 50.5 Å². The van der Waals surface area contributed by atoms with Gasteiger partial charge in [0.1, 0.15) is 11.4 Å². The fourth-order valence-corrected chi connectivity index (χ4v) is 3.80. The highest BCUT2D eigenvalue weighted by atomic mass is 35.5. The molecule has 0 radical (unpaired) electrons. The third kappa shape index (κ3) is 4.41. The minimum atomic E-state index is -0.697. The second-order valence-corrected chi connectivity index (χ2v) is 9.92. The third-order valence-electron chi connectivity index (χ3n) is 5.23. The molecule has 3 aromatic rings. The molecule has 0 unspecified atom stereocenters. The minimum Gasteiger partial charge on any atom is -0.444 e. The first-order valence-corrected chi connectivity index (χ1v) is 10.7. The van der Waals surface area contributed by atoms with Gasteiger partial charge in [-0.3, -0.25) is 4.79 Å². The molecule has 0 spiro atoms. The van der Waals surface area contributed by atoms with E-state index in [2.05, 4.69) is 20.3 Å². The van der Waals surface area contributed by atoms with Gasteiger partial charge in [-0.05, 0) is 64.4 Å². The number of nitrogens with one attached hydrogen (secondary N) is 2. The number of hydrogen-bond acceptors (Lipinski definition) is 5. The maximum absolute atomic E-state index is 12.9. The van der Waals surface area contributed by atoms with E-state index >= 15 is 0 Å². The van der Waals surface area contributed by atoms with Gasteiger partial charge < -0.3 is 19.9 Å². The molecule has 1 aliphatic rings. The van der Waals surface area contributed by atoms with E-state index in [4.69, 9.17) is 16.3 Å². The Hall–Kier alpha value is -3.13. The predicted molar refractivity (Wildman–Crippen MR) is 124 cm³/mol. The maximum Gasteiger partial charge on any atom is 0.410 e. The highest BCUT2D eigenvalue weighted by molar-refractivity contribution is 6.33. The molecule has 168 valence electrons. The fourth-order valence-electron chi connectivity index (χ4n) is 3.59. The van der Waals surface area contributed by atoms with Crippen molar-refractivity contribution in [3.8, 4) is 11.4 Å². The Labute approximate surface area is 191 Å². The Kier molecular flexibility index (Phi) is 5.36. The minimum absolute atomic E-state index is 0.174. The van der Waals surface area contributed by atoms with Gasteiger partial charge in [-0.2, -0.15) is 0 Å². The maximum atomic E-state index is 12.9. The van der Waals surface area contributed by atoms with Crippen LogP contribution >= 0.6 is 11.6 Å². The summed E-state index contributed by atoms with van der Waals surface area (Å²) in [5, 5.41) is 3.44. The molecule has 0 bridgehead atoms. The predicted octanol–water partition coefficient (Wildman–Crippen LogP) is 4.78. The first kappa shape index (κ1) is 22.1. The van der Waals surface area contributed by atoms with Crippen molar-refractivity contribution in [1.82, 2.24) is 19.9 Å². The van der Waals surface area contributed by atoms with Crippen molar-refractivity contribution in [2.24, 2.45) is 5.41 Å². The van der Waals surface area contributed by atoms with E-state index in [1.54, 1.807) is 24.4 Å². The topological polar surface area (TPSA) is 100 Å². The first-order valence-electron chi connectivity index (χ1n) is 10.4. The Bertz CT molecular complexity index is 1210. The Morgan fingerprint density at radius 1 is 1.25 bits per heavy atom. The third-order valence-corrected chi connectivity index (χ3v) is 5.56. The highest BCUT2D eigenvalue weighted by Gasteiger charge is 2.48. The number of H-pyrrole nitrogens is 1. The second kappa shape index (κ2) is 7.78. The van der Waals surface area contributed by atoms with Crippen LogP contribution in [0.5, 0.6) is 0 Å². The van der Waals surface area contributed by atoms with Crippen LogP contribution in [0.25, 0.3) is 22.6 Å². The number of carbonyl (C=O) groups is 2. The summed E-state index contributed by atoms with van der Waals surface area (Å²) in [7, 11) is 0. The van der Waals surface area contributed by atoms with Crippen LogP contribution in [0, 0.1) is 12.3 Å². The number of anilines is 1. The van der Waals surface area contributed by atoms with Gasteiger partial charge in [-0.25, -0.2) is 14.8 Å². The van der Waals surface area contributed by atoms with Crippen LogP contribution in [-0.2, 0) is 9.53 Å². The van der Waals surface area contributed by atoms with Crippen LogP contribution in [0.3, 0.4) is 0 Å². The Balaban J connectivity index is 1.48. The average Bonchev–Trinajstić information content (AvgIpc) is 3.08. The summed E-state index contributed by atoms with van der Waals surface area (Å²) in [4.78, 5) is 38.7. The molecule has 2 aromatic heterocycles. The van der Waals surface area contributed by atoms with E-state index < -0.39 is 17.1 Å². The van der Waals surface area contributed by atoms with Crippen molar-refractivity contribution in [2.45, 2.75) is 40.2 Å². The Morgan fingerprint density at radius 2 is 1.97 bits per heavy atom. The second-order valence-electron chi connectivity index (χ2n) is 9.52. The number of aryl methyl sites for hydroxylation is 1. The summed E-state index contributed by atoms with van der Waals surface area (Å²) in [6.07, 6.45) is 1.34. The largest absolute Gasteiger partial charge is 0.444 e. The smallest absolute Gasteiger partial charge is 0.410 e. The van der Waals surface area contributed by atoms with E-state index in [9.17, 15) is 9.59 Å². The van der Waals surface area contributed by atoms with E-state index in [1.807, 2.05) is 40.7 Å². The van der Waals surface area contributed by atoms with E-state index in [0.29, 0.717) is 40.8 Å². The quantitative estimate of drug-likeness (QED) is 0.591. The van der Waals surface area contributed by atoms with Crippen molar-refractivity contribution in [1.29, 1.82) is 0 Å². The standard InChI is InChI=1S/C23H26ClN5O3/c1-13-8-17-19(25-10-13)28-18(27-17)15-9-14(6-7-16(15)24)26-20(30)23(5)11-29(12-23)21(31)32-22(2,3)4/h6-10H,11-12H2,1-5H3,(H,26,30)(H,25,27,28). The number of ether oxygens (including phenoxy) is 1. The number of hydrogen-bond donors (Lipinski definition) is 2. The molecule has 3 heterocycles. The number of amides is 2. The number of pyridine rings is 1. The molecule has 2 amide bonds. The number of rotatable bonds is 3. The van der Waals surface area contributed by atoms with Crippen molar-refractivity contribution < 1.29 is 14.3 Å². The molecule has 1 saturated heterocycles. The summed E-state index contributed by atoms with van der Waals surface area (Å²) in [6.45, 7) is 9.82. The van der Waals surface area contributed by atoms with Crippen molar-refractivity contribution in [3.63, 3.8) is 0 Å². The lowest BCUT2D eigenvalue weighted by Gasteiger charge is -2.46. The lowest BCUT2D eigenvalue weighted by Crippen LogP contribution is -2.62. The molecule has 9 heteroatoms. The molecule has 0 aliphatic carbocycles. The number of likely N-dealkylation sites (tertiary alicyclic amines) is 1. The normalized spacial score (nSPS) is 15.4. The molecule has 0 saturated carbocycles. The van der Waals surface area contributed by atoms with Crippen LogP contribution in [0.2, 0.25) is 5.02 Å². The van der Waals surface area contributed by atoms with Crippen molar-refractivity contribution in [3.05, 3.63) is 41.0 Å². The zero-order valence-electron chi connectivity index (χ0n) is 18.7. The zero-order valence-corrected chi connectivity index (χ0v) is 19.5. The number of imidazole rings is 1. The van der Waals surface area contributed by atoms with Gasteiger partial charge in [0.15, 0.2) is 5.65 Å². The lowest BCUT2D eigenvalue weighted by molar-refractivity contribution is -0.133. The van der Waals surface area contributed by atoms with Gasteiger partial charge in [-0.1, -0.05) is 11.6 Å². The van der Waals surface area contributed by atoms with E-state index in [1.165, 1.54) is 4.90 Å².